The maximum absolute atomic E-state index is 10.5. The van der Waals surface area contributed by atoms with E-state index in [-0.39, 0.29) is 6.10 Å². The number of ether oxygens (including phenoxy) is 2. The predicted molar refractivity (Wildman–Crippen MR) is 74.3 cm³/mol. The summed E-state index contributed by atoms with van der Waals surface area (Å²) in [7, 11) is 3.64. The van der Waals surface area contributed by atoms with Gasteiger partial charge in [-0.1, -0.05) is 11.6 Å². The first-order chi connectivity index (χ1) is 9.13. The topological polar surface area (TPSA) is 38.8 Å². The minimum absolute atomic E-state index is 0.176. The first-order valence-electron chi connectivity index (χ1n) is 6.29. The highest BCUT2D eigenvalue weighted by Crippen LogP contribution is 2.36. The highest BCUT2D eigenvalue weighted by Gasteiger charge is 2.27. The van der Waals surface area contributed by atoms with Crippen LogP contribution in [0.2, 0.25) is 5.02 Å². The molecule has 1 heterocycles. The lowest BCUT2D eigenvalue weighted by Crippen LogP contribution is -2.51. The molecule has 1 saturated heterocycles. The van der Waals surface area contributed by atoms with E-state index in [9.17, 15) is 4.79 Å². The summed E-state index contributed by atoms with van der Waals surface area (Å²) >= 11 is 6.06. The lowest BCUT2D eigenvalue weighted by Gasteiger charge is -2.36. The summed E-state index contributed by atoms with van der Waals surface area (Å²) in [5.41, 5.74) is 0.922. The van der Waals surface area contributed by atoms with E-state index >= 15 is 0 Å². The van der Waals surface area contributed by atoms with E-state index in [1.165, 1.54) is 0 Å². The van der Waals surface area contributed by atoms with Crippen LogP contribution in [-0.2, 0) is 11.2 Å². The van der Waals surface area contributed by atoms with Crippen LogP contribution in [0.25, 0.3) is 0 Å². The summed E-state index contributed by atoms with van der Waals surface area (Å²) in [4.78, 5) is 12.7. The molecule has 4 nitrogen and oxygen atoms in total. The largest absolute Gasteiger partial charge is 0.493 e. The molecule has 0 bridgehead atoms. The van der Waals surface area contributed by atoms with Crippen molar-refractivity contribution in [3.05, 3.63) is 22.7 Å². The summed E-state index contributed by atoms with van der Waals surface area (Å²) in [6.07, 6.45) is 2.13. The molecule has 0 aliphatic carbocycles. The van der Waals surface area contributed by atoms with Gasteiger partial charge in [0.2, 0.25) is 0 Å². The van der Waals surface area contributed by atoms with Crippen molar-refractivity contribution in [1.82, 2.24) is 4.90 Å². The first kappa shape index (κ1) is 14.2. The Bertz CT molecular complexity index is 458. The van der Waals surface area contributed by atoms with Gasteiger partial charge in [0.25, 0.3) is 0 Å². The summed E-state index contributed by atoms with van der Waals surface area (Å²) in [6, 6.07) is 3.58. The van der Waals surface area contributed by atoms with E-state index in [4.69, 9.17) is 21.1 Å². The molecule has 1 aromatic carbocycles. The van der Waals surface area contributed by atoms with Crippen molar-refractivity contribution in [3.8, 4) is 11.5 Å². The minimum atomic E-state index is 0.176. The Morgan fingerprint density at radius 2 is 2.21 bits per heavy atom. The number of carbonyl (C=O) groups is 1. The van der Waals surface area contributed by atoms with Gasteiger partial charge in [0.1, 0.15) is 12.4 Å². The highest BCUT2D eigenvalue weighted by molar-refractivity contribution is 6.30. The van der Waals surface area contributed by atoms with E-state index in [1.807, 2.05) is 13.1 Å². The molecule has 0 radical (unpaired) electrons. The van der Waals surface area contributed by atoms with Crippen molar-refractivity contribution in [3.63, 3.8) is 0 Å². The number of rotatable bonds is 6. The molecule has 19 heavy (non-hydrogen) atoms. The number of aldehydes is 1. The second-order valence-electron chi connectivity index (χ2n) is 4.76. The Labute approximate surface area is 118 Å². The predicted octanol–water partition coefficient (Wildman–Crippen LogP) is 2.17. The second-order valence-corrected chi connectivity index (χ2v) is 5.20. The van der Waals surface area contributed by atoms with Gasteiger partial charge < -0.3 is 14.3 Å². The normalized spacial score (nSPS) is 15.9. The van der Waals surface area contributed by atoms with Crippen LogP contribution in [0.3, 0.4) is 0 Å². The first-order valence-corrected chi connectivity index (χ1v) is 6.67. The van der Waals surface area contributed by atoms with E-state index in [0.717, 1.165) is 24.9 Å². The zero-order valence-corrected chi connectivity index (χ0v) is 11.9. The Kier molecular flexibility index (Phi) is 4.66. The molecule has 1 fully saturated rings. The van der Waals surface area contributed by atoms with E-state index in [1.54, 1.807) is 13.2 Å². The van der Waals surface area contributed by atoms with Gasteiger partial charge in [0.05, 0.1) is 7.11 Å². The quantitative estimate of drug-likeness (QED) is 0.750. The molecule has 0 aromatic heterocycles. The Morgan fingerprint density at radius 3 is 2.79 bits per heavy atom. The number of likely N-dealkylation sites (tertiary alicyclic amines) is 1. The van der Waals surface area contributed by atoms with Crippen LogP contribution in [0, 0.1) is 0 Å². The third kappa shape index (κ3) is 3.39. The molecule has 0 saturated carbocycles. The maximum Gasteiger partial charge on any atom is 0.165 e. The maximum atomic E-state index is 10.5. The standard InChI is InChI=1S/C14H18ClNO3/c1-16-8-12(9-16)19-14-10(4-3-5-17)6-11(15)7-13(14)18-2/h5-7,12H,3-4,8-9H2,1-2H3. The van der Waals surface area contributed by atoms with E-state index < -0.39 is 0 Å². The highest BCUT2D eigenvalue weighted by atomic mass is 35.5. The monoisotopic (exact) mass is 283 g/mol. The summed E-state index contributed by atoms with van der Waals surface area (Å²) in [5, 5.41) is 0.593. The number of methoxy groups -OCH3 is 1. The van der Waals surface area contributed by atoms with Gasteiger partial charge in [0.15, 0.2) is 11.5 Å². The Hall–Kier alpha value is -1.26. The number of likely N-dealkylation sites (N-methyl/N-ethyl adjacent to an activating group) is 1. The molecule has 1 aliphatic heterocycles. The van der Waals surface area contributed by atoms with Crippen molar-refractivity contribution in [2.24, 2.45) is 0 Å². The summed E-state index contributed by atoms with van der Waals surface area (Å²) in [6.45, 7) is 1.80. The van der Waals surface area contributed by atoms with Gasteiger partial charge in [-0.3, -0.25) is 4.90 Å². The Balaban J connectivity index is 2.22. The van der Waals surface area contributed by atoms with Crippen molar-refractivity contribution in [2.45, 2.75) is 18.9 Å². The number of carbonyl (C=O) groups excluding carboxylic acids is 1. The molecular formula is C14H18ClNO3. The van der Waals surface area contributed by atoms with E-state index in [0.29, 0.717) is 29.4 Å². The number of hydrogen-bond donors (Lipinski definition) is 0. The average molecular weight is 284 g/mol. The fraction of sp³-hybridized carbons (Fsp3) is 0.500. The van der Waals surface area contributed by atoms with Crippen molar-refractivity contribution in [1.29, 1.82) is 0 Å². The molecular weight excluding hydrogens is 266 g/mol. The van der Waals surface area contributed by atoms with Crippen molar-refractivity contribution in [2.75, 3.05) is 27.2 Å². The fourth-order valence-electron chi connectivity index (χ4n) is 2.19. The zero-order valence-electron chi connectivity index (χ0n) is 11.2. The third-order valence-corrected chi connectivity index (χ3v) is 3.38. The molecule has 0 spiro atoms. The molecule has 0 amide bonds. The van der Waals surface area contributed by atoms with Gasteiger partial charge >= 0.3 is 0 Å². The number of halogens is 1. The van der Waals surface area contributed by atoms with Crippen LogP contribution in [-0.4, -0.2) is 44.5 Å². The van der Waals surface area contributed by atoms with Gasteiger partial charge in [-0.05, 0) is 25.1 Å². The SMILES string of the molecule is COc1cc(Cl)cc(CCC=O)c1OC1CN(C)C1. The van der Waals surface area contributed by atoms with Crippen molar-refractivity contribution < 1.29 is 14.3 Å². The lowest BCUT2D eigenvalue weighted by atomic mass is 10.1. The molecule has 0 unspecified atom stereocenters. The number of benzene rings is 1. The molecule has 2 rings (SSSR count). The molecule has 5 heteroatoms. The van der Waals surface area contributed by atoms with Crippen molar-refractivity contribution >= 4 is 17.9 Å². The minimum Gasteiger partial charge on any atom is -0.493 e. The molecule has 1 aromatic rings. The number of nitrogens with zero attached hydrogens (tertiary/aromatic N) is 1. The molecule has 104 valence electrons. The van der Waals surface area contributed by atoms with Crippen LogP contribution in [0.4, 0.5) is 0 Å². The average Bonchev–Trinajstić information content (AvgIpc) is 2.36. The van der Waals surface area contributed by atoms with Crippen LogP contribution in [0.5, 0.6) is 11.5 Å². The van der Waals surface area contributed by atoms with Crippen LogP contribution in [0.15, 0.2) is 12.1 Å². The third-order valence-electron chi connectivity index (χ3n) is 3.16. The molecule has 0 atom stereocenters. The number of aryl methyl sites for hydroxylation is 1. The van der Waals surface area contributed by atoms with Gasteiger partial charge in [-0.2, -0.15) is 0 Å². The summed E-state index contributed by atoms with van der Waals surface area (Å²) in [5.74, 6) is 1.34. The Morgan fingerprint density at radius 1 is 1.47 bits per heavy atom. The smallest absolute Gasteiger partial charge is 0.165 e. The second kappa shape index (κ2) is 6.26. The van der Waals surface area contributed by atoms with Gasteiger partial charge in [0, 0.05) is 30.6 Å². The number of hydrogen-bond acceptors (Lipinski definition) is 4. The fourth-order valence-corrected chi connectivity index (χ4v) is 2.42. The van der Waals surface area contributed by atoms with Gasteiger partial charge in [-0.15, -0.1) is 0 Å². The van der Waals surface area contributed by atoms with Crippen LogP contribution in [0.1, 0.15) is 12.0 Å². The van der Waals surface area contributed by atoms with Gasteiger partial charge in [-0.25, -0.2) is 0 Å². The van der Waals surface area contributed by atoms with Crippen LogP contribution >= 0.6 is 11.6 Å². The van der Waals surface area contributed by atoms with E-state index in [2.05, 4.69) is 4.90 Å². The molecule has 1 aliphatic rings. The lowest BCUT2D eigenvalue weighted by molar-refractivity contribution is -0.107. The van der Waals surface area contributed by atoms with Crippen LogP contribution < -0.4 is 9.47 Å². The summed E-state index contributed by atoms with van der Waals surface area (Å²) < 4.78 is 11.3. The zero-order chi connectivity index (χ0) is 13.8. The molecule has 0 N–H and O–H groups in total.